The summed E-state index contributed by atoms with van der Waals surface area (Å²) in [6.45, 7) is 3.44. The molecule has 1 unspecified atom stereocenters. The third-order valence-electron chi connectivity index (χ3n) is 3.29. The molecular weight excluding hydrogens is 252 g/mol. The Morgan fingerprint density at radius 1 is 1.50 bits per heavy atom. The lowest BCUT2D eigenvalue weighted by atomic mass is 10.1. The molecule has 0 radical (unpaired) electrons. The number of halogens is 1. The summed E-state index contributed by atoms with van der Waals surface area (Å²) in [6, 6.07) is 5.97. The Bertz CT molecular complexity index is 401. The fourth-order valence-corrected chi connectivity index (χ4v) is 2.39. The first kappa shape index (κ1) is 13.8. The van der Waals surface area contributed by atoms with E-state index in [1.165, 1.54) is 0 Å². The van der Waals surface area contributed by atoms with Crippen LogP contribution >= 0.6 is 11.6 Å². The minimum Gasteiger partial charge on any atom is -0.395 e. The van der Waals surface area contributed by atoms with Crippen molar-refractivity contribution in [2.24, 2.45) is 5.73 Å². The van der Waals surface area contributed by atoms with E-state index in [-0.39, 0.29) is 12.6 Å². The predicted octanol–water partition coefficient (Wildman–Crippen LogP) is 0.992. The topological polar surface area (TPSA) is 58.7 Å². The Labute approximate surface area is 112 Å². The van der Waals surface area contributed by atoms with Crippen LogP contribution in [0.3, 0.4) is 0 Å². The summed E-state index contributed by atoms with van der Waals surface area (Å²) in [7, 11) is 0. The van der Waals surface area contributed by atoms with Crippen molar-refractivity contribution >= 4 is 11.6 Å². The first-order chi connectivity index (χ1) is 8.74. The first-order valence-electron chi connectivity index (χ1n) is 6.14. The average molecular weight is 271 g/mol. The Kier molecular flexibility index (Phi) is 4.97. The van der Waals surface area contributed by atoms with Gasteiger partial charge >= 0.3 is 0 Å². The van der Waals surface area contributed by atoms with Crippen molar-refractivity contribution in [3.05, 3.63) is 34.3 Å². The van der Waals surface area contributed by atoms with Crippen LogP contribution in [0.1, 0.15) is 11.1 Å². The minimum absolute atomic E-state index is 0.0593. The van der Waals surface area contributed by atoms with Gasteiger partial charge in [-0.15, -0.1) is 0 Å². The van der Waals surface area contributed by atoms with E-state index < -0.39 is 0 Å². The van der Waals surface area contributed by atoms with E-state index >= 15 is 0 Å². The lowest BCUT2D eigenvalue weighted by Gasteiger charge is -2.34. The van der Waals surface area contributed by atoms with Gasteiger partial charge in [-0.2, -0.15) is 0 Å². The number of morpholine rings is 1. The highest BCUT2D eigenvalue weighted by atomic mass is 35.5. The van der Waals surface area contributed by atoms with Gasteiger partial charge in [0.15, 0.2) is 0 Å². The zero-order chi connectivity index (χ0) is 13.0. The van der Waals surface area contributed by atoms with E-state index in [4.69, 9.17) is 22.1 Å². The molecule has 1 aromatic carbocycles. The summed E-state index contributed by atoms with van der Waals surface area (Å²) in [5.41, 5.74) is 7.67. The lowest BCUT2D eigenvalue weighted by Crippen LogP contribution is -2.46. The number of rotatable bonds is 4. The summed E-state index contributed by atoms with van der Waals surface area (Å²) < 4.78 is 5.36. The van der Waals surface area contributed by atoms with Crippen molar-refractivity contribution in [3.63, 3.8) is 0 Å². The van der Waals surface area contributed by atoms with E-state index in [0.29, 0.717) is 19.8 Å². The van der Waals surface area contributed by atoms with E-state index in [1.54, 1.807) is 0 Å². The van der Waals surface area contributed by atoms with Crippen LogP contribution in [0.15, 0.2) is 18.2 Å². The molecule has 3 N–H and O–H groups in total. The quantitative estimate of drug-likeness (QED) is 0.857. The van der Waals surface area contributed by atoms with Crippen LogP contribution in [0.4, 0.5) is 0 Å². The molecule has 1 fully saturated rings. The molecule has 1 saturated heterocycles. The molecule has 100 valence electrons. The molecule has 1 heterocycles. The molecule has 2 rings (SSSR count). The largest absolute Gasteiger partial charge is 0.395 e. The molecular formula is C13H19ClN2O2. The molecule has 1 aliphatic rings. The normalized spacial score (nSPS) is 21.2. The van der Waals surface area contributed by atoms with E-state index in [0.717, 1.165) is 29.2 Å². The van der Waals surface area contributed by atoms with Crippen molar-refractivity contribution in [1.29, 1.82) is 0 Å². The van der Waals surface area contributed by atoms with Gasteiger partial charge in [-0.25, -0.2) is 0 Å². The number of aliphatic hydroxyl groups is 1. The average Bonchev–Trinajstić information content (AvgIpc) is 2.41. The van der Waals surface area contributed by atoms with Crippen LogP contribution in [0.2, 0.25) is 5.02 Å². The van der Waals surface area contributed by atoms with Gasteiger partial charge < -0.3 is 15.6 Å². The fourth-order valence-electron chi connectivity index (χ4n) is 2.13. The SMILES string of the molecule is NCc1ccc(CN2CCOCC2CO)c(Cl)c1. The molecule has 0 saturated carbocycles. The summed E-state index contributed by atoms with van der Waals surface area (Å²) in [5, 5.41) is 10.1. The molecule has 0 spiro atoms. The number of nitrogens with zero attached hydrogens (tertiary/aromatic N) is 1. The summed E-state index contributed by atoms with van der Waals surface area (Å²) in [5.74, 6) is 0. The Balaban J connectivity index is 2.07. The summed E-state index contributed by atoms with van der Waals surface area (Å²) in [6.07, 6.45) is 0. The number of aliphatic hydroxyl groups excluding tert-OH is 1. The van der Waals surface area contributed by atoms with Crippen LogP contribution in [0.5, 0.6) is 0 Å². The third-order valence-corrected chi connectivity index (χ3v) is 3.64. The van der Waals surface area contributed by atoms with Gasteiger partial charge in [-0.1, -0.05) is 23.7 Å². The van der Waals surface area contributed by atoms with Crippen molar-refractivity contribution in [1.82, 2.24) is 4.90 Å². The smallest absolute Gasteiger partial charge is 0.0644 e. The van der Waals surface area contributed by atoms with Crippen LogP contribution in [-0.2, 0) is 17.8 Å². The van der Waals surface area contributed by atoms with E-state index in [2.05, 4.69) is 4.90 Å². The van der Waals surface area contributed by atoms with Gasteiger partial charge in [0.1, 0.15) is 0 Å². The van der Waals surface area contributed by atoms with Gasteiger partial charge in [0, 0.05) is 24.7 Å². The molecule has 0 aliphatic carbocycles. The maximum atomic E-state index is 9.32. The Morgan fingerprint density at radius 3 is 3.00 bits per heavy atom. The molecule has 1 aromatic rings. The monoisotopic (exact) mass is 270 g/mol. The standard InChI is InChI=1S/C13H19ClN2O2/c14-13-5-10(6-15)1-2-11(13)7-16-3-4-18-9-12(16)8-17/h1-2,5,12,17H,3-4,6-9,15H2. The Morgan fingerprint density at radius 2 is 2.33 bits per heavy atom. The second kappa shape index (κ2) is 6.50. The van der Waals surface area contributed by atoms with E-state index in [1.807, 2.05) is 18.2 Å². The lowest BCUT2D eigenvalue weighted by molar-refractivity contribution is -0.0312. The number of hydrogen-bond donors (Lipinski definition) is 2. The molecule has 1 aliphatic heterocycles. The number of nitrogens with two attached hydrogens (primary N) is 1. The van der Waals surface area contributed by atoms with Gasteiger partial charge in [0.2, 0.25) is 0 Å². The highest BCUT2D eigenvalue weighted by Crippen LogP contribution is 2.21. The van der Waals surface area contributed by atoms with Gasteiger partial charge in [-0.3, -0.25) is 4.90 Å². The predicted molar refractivity (Wildman–Crippen MR) is 71.4 cm³/mol. The molecule has 5 heteroatoms. The molecule has 0 amide bonds. The fraction of sp³-hybridized carbons (Fsp3) is 0.538. The molecule has 0 bridgehead atoms. The molecule has 4 nitrogen and oxygen atoms in total. The minimum atomic E-state index is 0.0593. The van der Waals surface area contributed by atoms with Crippen molar-refractivity contribution in [2.75, 3.05) is 26.4 Å². The second-order valence-corrected chi connectivity index (χ2v) is 4.92. The Hall–Kier alpha value is -0.650. The van der Waals surface area contributed by atoms with Crippen LogP contribution in [0.25, 0.3) is 0 Å². The molecule has 1 atom stereocenters. The van der Waals surface area contributed by atoms with Crippen LogP contribution in [-0.4, -0.2) is 42.4 Å². The zero-order valence-electron chi connectivity index (χ0n) is 10.3. The van der Waals surface area contributed by atoms with E-state index in [9.17, 15) is 5.11 Å². The van der Waals surface area contributed by atoms with Crippen molar-refractivity contribution in [3.8, 4) is 0 Å². The zero-order valence-corrected chi connectivity index (χ0v) is 11.1. The van der Waals surface area contributed by atoms with Crippen molar-refractivity contribution < 1.29 is 9.84 Å². The molecule has 0 aromatic heterocycles. The number of benzene rings is 1. The second-order valence-electron chi connectivity index (χ2n) is 4.51. The highest BCUT2D eigenvalue weighted by Gasteiger charge is 2.22. The van der Waals surface area contributed by atoms with Crippen LogP contribution in [0, 0.1) is 0 Å². The maximum Gasteiger partial charge on any atom is 0.0644 e. The summed E-state index contributed by atoms with van der Waals surface area (Å²) in [4.78, 5) is 2.20. The van der Waals surface area contributed by atoms with Crippen LogP contribution < -0.4 is 5.73 Å². The molecule has 18 heavy (non-hydrogen) atoms. The van der Waals surface area contributed by atoms with Gasteiger partial charge in [-0.05, 0) is 17.2 Å². The highest BCUT2D eigenvalue weighted by molar-refractivity contribution is 6.31. The van der Waals surface area contributed by atoms with Gasteiger partial charge in [0.25, 0.3) is 0 Å². The number of hydrogen-bond acceptors (Lipinski definition) is 4. The number of ether oxygens (including phenoxy) is 1. The summed E-state index contributed by atoms with van der Waals surface area (Å²) >= 11 is 6.24. The van der Waals surface area contributed by atoms with Crippen molar-refractivity contribution in [2.45, 2.75) is 19.1 Å². The first-order valence-corrected chi connectivity index (χ1v) is 6.52. The maximum absolute atomic E-state index is 9.32. The van der Waals surface area contributed by atoms with Gasteiger partial charge in [0.05, 0.1) is 25.9 Å². The third kappa shape index (κ3) is 3.22.